The first-order valence-electron chi connectivity index (χ1n) is 6.88. The van der Waals surface area contributed by atoms with Crippen LogP contribution in [0.3, 0.4) is 0 Å². The van der Waals surface area contributed by atoms with E-state index in [-0.39, 0.29) is 22.7 Å². The molecule has 0 saturated carbocycles. The van der Waals surface area contributed by atoms with Gasteiger partial charge in [0.15, 0.2) is 0 Å². The van der Waals surface area contributed by atoms with Gasteiger partial charge in [0.25, 0.3) is 5.69 Å². The molecule has 1 N–H and O–H groups in total. The Bertz CT molecular complexity index is 651. The van der Waals surface area contributed by atoms with Crippen molar-refractivity contribution in [2.45, 2.75) is 32.9 Å². The van der Waals surface area contributed by atoms with Gasteiger partial charge in [-0.25, -0.2) is 0 Å². The lowest BCUT2D eigenvalue weighted by Gasteiger charge is -2.19. The Labute approximate surface area is 123 Å². The summed E-state index contributed by atoms with van der Waals surface area (Å²) < 4.78 is 1.76. The average molecular weight is 288 g/mol. The van der Waals surface area contributed by atoms with Gasteiger partial charge in [0, 0.05) is 42.5 Å². The van der Waals surface area contributed by atoms with Crippen molar-refractivity contribution < 1.29 is 4.92 Å². The fraction of sp³-hybridized carbons (Fsp3) is 0.400. The van der Waals surface area contributed by atoms with E-state index < -0.39 is 0 Å². The third-order valence-corrected chi connectivity index (χ3v) is 3.65. The van der Waals surface area contributed by atoms with Crippen LogP contribution in [0.25, 0.3) is 0 Å². The predicted octanol–water partition coefficient (Wildman–Crippen LogP) is 3.05. The van der Waals surface area contributed by atoms with Gasteiger partial charge in [0.05, 0.1) is 11.1 Å². The summed E-state index contributed by atoms with van der Waals surface area (Å²) in [4.78, 5) is 10.7. The van der Waals surface area contributed by atoms with Gasteiger partial charge in [-0.3, -0.25) is 14.8 Å². The van der Waals surface area contributed by atoms with E-state index in [0.717, 1.165) is 11.1 Å². The van der Waals surface area contributed by atoms with E-state index in [9.17, 15) is 10.1 Å². The molecule has 0 fully saturated rings. The number of aromatic nitrogens is 2. The second-order valence-electron chi connectivity index (χ2n) is 5.36. The van der Waals surface area contributed by atoms with Crippen LogP contribution in [0.4, 0.5) is 5.69 Å². The highest BCUT2D eigenvalue weighted by Crippen LogP contribution is 2.25. The van der Waals surface area contributed by atoms with Crippen molar-refractivity contribution in [2.75, 3.05) is 0 Å². The molecule has 2 unspecified atom stereocenters. The van der Waals surface area contributed by atoms with E-state index in [1.807, 2.05) is 32.4 Å². The summed E-state index contributed by atoms with van der Waals surface area (Å²) in [5, 5.41) is 18.6. The molecule has 0 spiro atoms. The molecule has 2 atom stereocenters. The lowest BCUT2D eigenvalue weighted by Crippen LogP contribution is -2.22. The summed E-state index contributed by atoms with van der Waals surface area (Å²) in [6.07, 6.45) is 3.78. The lowest BCUT2D eigenvalue weighted by molar-refractivity contribution is -0.385. The number of nitrogens with zero attached hydrogens (tertiary/aromatic N) is 3. The molecule has 21 heavy (non-hydrogen) atoms. The maximum absolute atomic E-state index is 11.0. The molecular weight excluding hydrogens is 268 g/mol. The number of nitro groups is 1. The minimum absolute atomic E-state index is 0.0134. The fourth-order valence-electron chi connectivity index (χ4n) is 2.32. The summed E-state index contributed by atoms with van der Waals surface area (Å²) in [5.41, 5.74) is 2.83. The number of hydrogen-bond acceptors (Lipinski definition) is 4. The fourth-order valence-corrected chi connectivity index (χ4v) is 2.32. The number of benzene rings is 1. The van der Waals surface area contributed by atoms with Crippen molar-refractivity contribution in [3.63, 3.8) is 0 Å². The van der Waals surface area contributed by atoms with Crippen LogP contribution in [-0.2, 0) is 7.05 Å². The SMILES string of the molecule is Cc1ccc(C(C)NC(C)c2cnn(C)c2)cc1[N+](=O)[O-]. The first kappa shape index (κ1) is 15.2. The first-order chi connectivity index (χ1) is 9.88. The predicted molar refractivity (Wildman–Crippen MR) is 81.0 cm³/mol. The van der Waals surface area contributed by atoms with E-state index in [0.29, 0.717) is 5.56 Å². The Balaban J connectivity index is 2.15. The maximum atomic E-state index is 11.0. The van der Waals surface area contributed by atoms with Gasteiger partial charge in [-0.15, -0.1) is 0 Å². The zero-order chi connectivity index (χ0) is 15.6. The maximum Gasteiger partial charge on any atom is 0.272 e. The second-order valence-corrected chi connectivity index (χ2v) is 5.36. The van der Waals surface area contributed by atoms with Crippen molar-refractivity contribution in [3.8, 4) is 0 Å². The molecule has 1 aromatic heterocycles. The highest BCUT2D eigenvalue weighted by atomic mass is 16.6. The van der Waals surface area contributed by atoms with Gasteiger partial charge >= 0.3 is 0 Å². The quantitative estimate of drug-likeness (QED) is 0.678. The van der Waals surface area contributed by atoms with E-state index in [2.05, 4.69) is 17.3 Å². The zero-order valence-electron chi connectivity index (χ0n) is 12.7. The number of nitro benzene ring substituents is 1. The van der Waals surface area contributed by atoms with Crippen molar-refractivity contribution in [1.82, 2.24) is 15.1 Å². The van der Waals surface area contributed by atoms with E-state index in [1.54, 1.807) is 23.7 Å². The van der Waals surface area contributed by atoms with Crippen LogP contribution < -0.4 is 5.32 Å². The van der Waals surface area contributed by atoms with Crippen molar-refractivity contribution in [2.24, 2.45) is 7.05 Å². The average Bonchev–Trinajstić information content (AvgIpc) is 2.85. The summed E-state index contributed by atoms with van der Waals surface area (Å²) >= 11 is 0. The van der Waals surface area contributed by atoms with Gasteiger partial charge in [-0.2, -0.15) is 5.10 Å². The summed E-state index contributed by atoms with van der Waals surface area (Å²) in [6, 6.07) is 5.49. The molecule has 0 aliphatic carbocycles. The summed E-state index contributed by atoms with van der Waals surface area (Å²) in [6.45, 7) is 5.80. The molecule has 0 saturated heterocycles. The standard InChI is InChI=1S/C15H20N4O2/c1-10-5-6-13(7-15(10)19(20)21)11(2)17-12(3)14-8-16-18(4)9-14/h5-9,11-12,17H,1-4H3. The van der Waals surface area contributed by atoms with Crippen LogP contribution in [0, 0.1) is 17.0 Å². The molecule has 0 amide bonds. The number of nitrogens with one attached hydrogen (secondary N) is 1. The van der Waals surface area contributed by atoms with Gasteiger partial charge in [-0.1, -0.05) is 12.1 Å². The normalized spacial score (nSPS) is 13.9. The smallest absolute Gasteiger partial charge is 0.272 e. The molecule has 1 heterocycles. The molecule has 112 valence electrons. The Morgan fingerprint density at radius 2 is 1.95 bits per heavy atom. The largest absolute Gasteiger partial charge is 0.304 e. The molecule has 6 nitrogen and oxygen atoms in total. The molecule has 2 rings (SSSR count). The Hall–Kier alpha value is -2.21. The Morgan fingerprint density at radius 1 is 1.29 bits per heavy atom. The molecule has 0 aliphatic heterocycles. The van der Waals surface area contributed by atoms with Crippen LogP contribution >= 0.6 is 0 Å². The van der Waals surface area contributed by atoms with E-state index >= 15 is 0 Å². The number of hydrogen-bond donors (Lipinski definition) is 1. The van der Waals surface area contributed by atoms with Crippen molar-refractivity contribution >= 4 is 5.69 Å². The molecule has 1 aromatic carbocycles. The van der Waals surface area contributed by atoms with Crippen LogP contribution in [0.2, 0.25) is 0 Å². The molecule has 0 radical (unpaired) electrons. The molecule has 2 aromatic rings. The monoisotopic (exact) mass is 288 g/mol. The zero-order valence-corrected chi connectivity index (χ0v) is 12.7. The van der Waals surface area contributed by atoms with Crippen LogP contribution in [0.15, 0.2) is 30.6 Å². The molecular formula is C15H20N4O2. The van der Waals surface area contributed by atoms with Crippen LogP contribution in [-0.4, -0.2) is 14.7 Å². The van der Waals surface area contributed by atoms with Gasteiger partial charge in [0.1, 0.15) is 0 Å². The lowest BCUT2D eigenvalue weighted by atomic mass is 10.0. The van der Waals surface area contributed by atoms with Crippen molar-refractivity contribution in [3.05, 3.63) is 57.4 Å². The second kappa shape index (κ2) is 6.05. The van der Waals surface area contributed by atoms with Crippen LogP contribution in [0.5, 0.6) is 0 Å². The van der Waals surface area contributed by atoms with Gasteiger partial charge in [0.2, 0.25) is 0 Å². The van der Waals surface area contributed by atoms with Crippen LogP contribution in [0.1, 0.15) is 42.6 Å². The van der Waals surface area contributed by atoms with Gasteiger partial charge in [-0.05, 0) is 26.3 Å². The molecule has 6 heteroatoms. The number of rotatable bonds is 5. The molecule has 0 bridgehead atoms. The third-order valence-electron chi connectivity index (χ3n) is 3.65. The van der Waals surface area contributed by atoms with E-state index in [4.69, 9.17) is 0 Å². The Morgan fingerprint density at radius 3 is 2.52 bits per heavy atom. The third kappa shape index (κ3) is 3.46. The van der Waals surface area contributed by atoms with E-state index in [1.165, 1.54) is 0 Å². The number of aryl methyl sites for hydroxylation is 2. The topological polar surface area (TPSA) is 73.0 Å². The highest BCUT2D eigenvalue weighted by molar-refractivity contribution is 5.43. The minimum atomic E-state index is -0.337. The minimum Gasteiger partial charge on any atom is -0.304 e. The first-order valence-corrected chi connectivity index (χ1v) is 6.88. The summed E-state index contributed by atoms with van der Waals surface area (Å²) in [7, 11) is 1.88. The highest BCUT2D eigenvalue weighted by Gasteiger charge is 2.16. The Kier molecular flexibility index (Phi) is 4.37. The van der Waals surface area contributed by atoms with Crippen molar-refractivity contribution in [1.29, 1.82) is 0 Å². The molecule has 0 aliphatic rings. The van der Waals surface area contributed by atoms with Gasteiger partial charge < -0.3 is 5.32 Å². The summed E-state index contributed by atoms with van der Waals surface area (Å²) in [5.74, 6) is 0.